The number of hydrogen-bond acceptors (Lipinski definition) is 5. The van der Waals surface area contributed by atoms with E-state index in [0.717, 1.165) is 11.1 Å². The summed E-state index contributed by atoms with van der Waals surface area (Å²) in [5.41, 5.74) is 2.23. The molecule has 1 saturated heterocycles. The number of ketones is 1. The lowest BCUT2D eigenvalue weighted by Gasteiger charge is -2.26. The molecule has 1 aliphatic heterocycles. The molecule has 3 rings (SSSR count). The van der Waals surface area contributed by atoms with Crippen LogP contribution in [0.15, 0.2) is 48.0 Å². The van der Waals surface area contributed by atoms with Crippen LogP contribution in [0, 0.1) is 0 Å². The van der Waals surface area contributed by atoms with Crippen LogP contribution in [-0.4, -0.2) is 49.1 Å². The first kappa shape index (κ1) is 24.8. The van der Waals surface area contributed by atoms with Crippen molar-refractivity contribution in [2.75, 3.05) is 27.4 Å². The van der Waals surface area contributed by atoms with Gasteiger partial charge in [0.25, 0.3) is 11.7 Å². The number of aliphatic hydroxyl groups excluding tert-OH is 1. The Morgan fingerprint density at radius 2 is 1.76 bits per heavy atom. The molecular formula is C26H30ClNO5. The standard InChI is InChI=1S/C26H30ClNO5/c1-26(2,3)18-10-7-16(8-11-18)22-21(24(30)25(31)28(22)13-6-14-32-4)23(29)17-9-12-19(27)20(15-17)33-5/h7-12,15,22,29H,6,13-14H2,1-5H3/b23-21-. The van der Waals surface area contributed by atoms with Crippen LogP contribution in [0.3, 0.4) is 0 Å². The zero-order chi connectivity index (χ0) is 24.3. The van der Waals surface area contributed by atoms with Gasteiger partial charge in [-0.15, -0.1) is 0 Å². The van der Waals surface area contributed by atoms with E-state index in [9.17, 15) is 14.7 Å². The zero-order valence-electron chi connectivity index (χ0n) is 19.6. The van der Waals surface area contributed by atoms with Crippen LogP contribution in [0.4, 0.5) is 0 Å². The summed E-state index contributed by atoms with van der Waals surface area (Å²) in [4.78, 5) is 27.6. The highest BCUT2D eigenvalue weighted by Crippen LogP contribution is 2.41. The second-order valence-electron chi connectivity index (χ2n) is 9.06. The molecule has 6 nitrogen and oxygen atoms in total. The molecule has 7 heteroatoms. The van der Waals surface area contributed by atoms with E-state index in [4.69, 9.17) is 21.1 Å². The molecule has 2 aromatic rings. The van der Waals surface area contributed by atoms with E-state index >= 15 is 0 Å². The van der Waals surface area contributed by atoms with E-state index in [1.165, 1.54) is 12.0 Å². The first-order chi connectivity index (χ1) is 15.6. The van der Waals surface area contributed by atoms with E-state index in [1.54, 1.807) is 25.3 Å². The largest absolute Gasteiger partial charge is 0.507 e. The van der Waals surface area contributed by atoms with Crippen molar-refractivity contribution in [1.29, 1.82) is 0 Å². The summed E-state index contributed by atoms with van der Waals surface area (Å²) in [7, 11) is 3.06. The van der Waals surface area contributed by atoms with E-state index in [2.05, 4.69) is 20.8 Å². The molecule has 1 atom stereocenters. The minimum Gasteiger partial charge on any atom is -0.507 e. The van der Waals surface area contributed by atoms with Crippen molar-refractivity contribution < 1.29 is 24.2 Å². The number of likely N-dealkylation sites (tertiary alicyclic amines) is 1. The fourth-order valence-corrected chi connectivity index (χ4v) is 4.16. The Labute approximate surface area is 199 Å². The lowest BCUT2D eigenvalue weighted by Crippen LogP contribution is -2.31. The van der Waals surface area contributed by atoms with Gasteiger partial charge < -0.3 is 19.5 Å². The molecule has 1 heterocycles. The Morgan fingerprint density at radius 3 is 2.33 bits per heavy atom. The Balaban J connectivity index is 2.14. The first-order valence-corrected chi connectivity index (χ1v) is 11.2. The van der Waals surface area contributed by atoms with Crippen molar-refractivity contribution in [1.82, 2.24) is 4.90 Å². The highest BCUT2D eigenvalue weighted by Gasteiger charge is 2.45. The number of carbonyl (C=O) groups is 2. The quantitative estimate of drug-likeness (QED) is 0.263. The van der Waals surface area contributed by atoms with Crippen LogP contribution in [0.5, 0.6) is 5.75 Å². The number of halogens is 1. The van der Waals surface area contributed by atoms with Gasteiger partial charge in [0.05, 0.1) is 23.7 Å². The Morgan fingerprint density at radius 1 is 1.09 bits per heavy atom. The Bertz CT molecular complexity index is 1070. The number of Topliss-reactive ketones (excluding diaryl/α,β-unsaturated/α-hetero) is 1. The van der Waals surface area contributed by atoms with Gasteiger partial charge in [-0.3, -0.25) is 9.59 Å². The van der Waals surface area contributed by atoms with Gasteiger partial charge in [-0.2, -0.15) is 0 Å². The maximum atomic E-state index is 13.1. The number of rotatable bonds is 7. The molecule has 0 aromatic heterocycles. The Kier molecular flexibility index (Phi) is 7.50. The predicted molar refractivity (Wildman–Crippen MR) is 129 cm³/mol. The smallest absolute Gasteiger partial charge is 0.295 e. The summed E-state index contributed by atoms with van der Waals surface area (Å²) in [6, 6.07) is 11.8. The molecule has 176 valence electrons. The minimum atomic E-state index is -0.719. The topological polar surface area (TPSA) is 76.1 Å². The van der Waals surface area contributed by atoms with Crippen molar-refractivity contribution in [2.24, 2.45) is 0 Å². The molecule has 2 aromatic carbocycles. The molecule has 1 fully saturated rings. The third kappa shape index (κ3) is 5.07. The normalized spacial score (nSPS) is 18.1. The van der Waals surface area contributed by atoms with Crippen LogP contribution < -0.4 is 4.74 Å². The van der Waals surface area contributed by atoms with Gasteiger partial charge in [-0.1, -0.05) is 56.6 Å². The summed E-state index contributed by atoms with van der Waals surface area (Å²) >= 11 is 6.12. The molecule has 0 radical (unpaired) electrons. The highest BCUT2D eigenvalue weighted by molar-refractivity contribution is 6.46. The average molecular weight is 472 g/mol. The fourth-order valence-electron chi connectivity index (χ4n) is 3.96. The van der Waals surface area contributed by atoms with Crippen LogP contribution in [-0.2, 0) is 19.7 Å². The van der Waals surface area contributed by atoms with Crippen molar-refractivity contribution in [2.45, 2.75) is 38.6 Å². The fraction of sp³-hybridized carbons (Fsp3) is 0.385. The third-order valence-electron chi connectivity index (χ3n) is 5.80. The van der Waals surface area contributed by atoms with Gasteiger partial charge in [0.1, 0.15) is 11.5 Å². The molecule has 1 aliphatic rings. The lowest BCUT2D eigenvalue weighted by atomic mass is 9.85. The molecule has 1 unspecified atom stereocenters. The van der Waals surface area contributed by atoms with Crippen LogP contribution in [0.25, 0.3) is 5.76 Å². The maximum absolute atomic E-state index is 13.1. The number of carbonyl (C=O) groups excluding carboxylic acids is 2. The van der Waals surface area contributed by atoms with Crippen molar-refractivity contribution in [3.05, 3.63) is 69.8 Å². The zero-order valence-corrected chi connectivity index (χ0v) is 20.4. The van der Waals surface area contributed by atoms with E-state index in [1.807, 2.05) is 24.3 Å². The van der Waals surface area contributed by atoms with Crippen molar-refractivity contribution in [3.63, 3.8) is 0 Å². The number of ether oxygens (including phenoxy) is 2. The highest BCUT2D eigenvalue weighted by atomic mass is 35.5. The summed E-state index contributed by atoms with van der Waals surface area (Å²) in [6.07, 6.45) is 0.564. The van der Waals surface area contributed by atoms with Crippen LogP contribution in [0.1, 0.15) is 49.9 Å². The summed E-state index contributed by atoms with van der Waals surface area (Å²) in [5, 5.41) is 11.6. The van der Waals surface area contributed by atoms with Gasteiger partial charge in [0.2, 0.25) is 0 Å². The maximum Gasteiger partial charge on any atom is 0.295 e. The summed E-state index contributed by atoms with van der Waals surface area (Å²) in [5.74, 6) is -1.26. The number of hydrogen-bond donors (Lipinski definition) is 1. The van der Waals surface area contributed by atoms with Gasteiger partial charge in [-0.05, 0) is 41.2 Å². The second kappa shape index (κ2) is 9.98. The molecular weight excluding hydrogens is 442 g/mol. The van der Waals surface area contributed by atoms with E-state index in [-0.39, 0.29) is 16.7 Å². The average Bonchev–Trinajstić information content (AvgIpc) is 3.03. The number of amides is 1. The van der Waals surface area contributed by atoms with Crippen molar-refractivity contribution >= 4 is 29.1 Å². The lowest BCUT2D eigenvalue weighted by molar-refractivity contribution is -0.140. The Hall–Kier alpha value is -2.83. The minimum absolute atomic E-state index is 0.0430. The molecule has 0 saturated carbocycles. The monoisotopic (exact) mass is 471 g/mol. The van der Waals surface area contributed by atoms with Crippen LogP contribution >= 0.6 is 11.6 Å². The summed E-state index contributed by atoms with van der Waals surface area (Å²) in [6.45, 7) is 7.13. The second-order valence-corrected chi connectivity index (χ2v) is 9.47. The van der Waals surface area contributed by atoms with Crippen LogP contribution in [0.2, 0.25) is 5.02 Å². The molecule has 33 heavy (non-hydrogen) atoms. The van der Waals surface area contributed by atoms with Gasteiger partial charge in [0.15, 0.2) is 0 Å². The molecule has 0 spiro atoms. The molecule has 0 bridgehead atoms. The molecule has 1 N–H and O–H groups in total. The molecule has 1 amide bonds. The van der Waals surface area contributed by atoms with Gasteiger partial charge >= 0.3 is 0 Å². The third-order valence-corrected chi connectivity index (χ3v) is 6.12. The van der Waals surface area contributed by atoms with E-state index < -0.39 is 17.7 Å². The number of aliphatic hydroxyl groups is 1. The van der Waals surface area contributed by atoms with Gasteiger partial charge in [-0.25, -0.2) is 0 Å². The van der Waals surface area contributed by atoms with E-state index in [0.29, 0.717) is 35.9 Å². The molecule has 0 aliphatic carbocycles. The first-order valence-electron chi connectivity index (χ1n) is 10.8. The number of methoxy groups -OCH3 is 2. The number of nitrogens with zero attached hydrogens (tertiary/aromatic N) is 1. The summed E-state index contributed by atoms with van der Waals surface area (Å²) < 4.78 is 10.4. The van der Waals surface area contributed by atoms with Crippen molar-refractivity contribution in [3.8, 4) is 5.75 Å². The number of benzene rings is 2. The van der Waals surface area contributed by atoms with Gasteiger partial charge in [0, 0.05) is 25.8 Å². The predicted octanol–water partition coefficient (Wildman–Crippen LogP) is 5.10. The SMILES string of the molecule is COCCCN1C(=O)C(=O)/C(=C(\O)c2ccc(Cl)c(OC)c2)C1c1ccc(C(C)(C)C)cc1.